The van der Waals surface area contributed by atoms with E-state index in [1.54, 1.807) is 11.3 Å². The first-order valence-electron chi connectivity index (χ1n) is 21.0. The fraction of sp³-hybridized carbons (Fsp3) is 0. The summed E-state index contributed by atoms with van der Waals surface area (Å²) in [4.78, 5) is 17.5. The Morgan fingerprint density at radius 2 is 1.11 bits per heavy atom. The van der Waals surface area contributed by atoms with E-state index in [9.17, 15) is 0 Å². The van der Waals surface area contributed by atoms with Crippen LogP contribution in [0.1, 0.15) is 6.85 Å². The standard InChI is InChI=1S/C51H32N4OS/c1-4-15-33(16-5-1)34-27-29-37(30-28-34)55(43-24-14-23-40-39-21-11-13-26-46(39)57-48(40)43)38-31-42(47-41-22-10-12-25-44(41)56-45(47)32-38)51-53-49(35-17-6-2-7-18-35)52-50(54-51)36-19-8-3-9-20-36/h1-32H/i1D,4D,5D,15D,16D. The maximum Gasteiger partial charge on any atom is 0.164 e. The molecule has 0 saturated heterocycles. The summed E-state index contributed by atoms with van der Waals surface area (Å²) < 4.78 is 51.1. The van der Waals surface area contributed by atoms with Crippen LogP contribution in [0.2, 0.25) is 0 Å². The third-order valence-electron chi connectivity index (χ3n) is 10.2. The van der Waals surface area contributed by atoms with Crippen LogP contribution in [0.25, 0.3) is 87.4 Å². The van der Waals surface area contributed by atoms with Gasteiger partial charge in [0.2, 0.25) is 0 Å². The molecule has 0 saturated carbocycles. The maximum atomic E-state index is 8.68. The smallest absolute Gasteiger partial charge is 0.164 e. The van der Waals surface area contributed by atoms with Crippen LogP contribution in [0.15, 0.2) is 198 Å². The number of furan rings is 1. The molecule has 0 spiro atoms. The minimum Gasteiger partial charge on any atom is -0.456 e. The number of aromatic nitrogens is 3. The van der Waals surface area contributed by atoms with E-state index in [-0.39, 0.29) is 29.7 Å². The Bertz CT molecular complexity index is 3450. The highest BCUT2D eigenvalue weighted by Crippen LogP contribution is 2.47. The molecule has 5 nitrogen and oxygen atoms in total. The van der Waals surface area contributed by atoms with Crippen LogP contribution in [0, 0.1) is 0 Å². The fourth-order valence-corrected chi connectivity index (χ4v) is 8.79. The van der Waals surface area contributed by atoms with E-state index in [2.05, 4.69) is 59.5 Å². The second kappa shape index (κ2) is 13.7. The summed E-state index contributed by atoms with van der Waals surface area (Å²) in [6, 6.07) is 52.4. The van der Waals surface area contributed by atoms with Gasteiger partial charge in [-0.2, -0.15) is 0 Å². The second-order valence-corrected chi connectivity index (χ2v) is 14.7. The molecule has 0 aliphatic heterocycles. The lowest BCUT2D eigenvalue weighted by atomic mass is 10.0. The van der Waals surface area contributed by atoms with Crippen LogP contribution in [-0.2, 0) is 0 Å². The van der Waals surface area contributed by atoms with Crippen molar-refractivity contribution in [2.24, 2.45) is 0 Å². The van der Waals surface area contributed by atoms with Gasteiger partial charge >= 0.3 is 0 Å². The lowest BCUT2D eigenvalue weighted by Crippen LogP contribution is -2.10. The predicted molar refractivity (Wildman–Crippen MR) is 236 cm³/mol. The van der Waals surface area contributed by atoms with Gasteiger partial charge in [-0.05, 0) is 47.5 Å². The molecule has 0 aliphatic rings. The Morgan fingerprint density at radius 1 is 0.474 bits per heavy atom. The van der Waals surface area contributed by atoms with E-state index in [1.807, 2.05) is 109 Å². The number of nitrogens with zero attached hydrogens (tertiary/aromatic N) is 4. The highest BCUT2D eigenvalue weighted by molar-refractivity contribution is 7.26. The number of para-hydroxylation sites is 1. The number of fused-ring (bicyclic) bond motifs is 6. The number of rotatable bonds is 7. The van der Waals surface area contributed by atoms with Crippen LogP contribution >= 0.6 is 11.3 Å². The van der Waals surface area contributed by atoms with Gasteiger partial charge in [-0.1, -0.05) is 152 Å². The highest BCUT2D eigenvalue weighted by atomic mass is 32.1. The van der Waals surface area contributed by atoms with Crippen molar-refractivity contribution in [3.8, 4) is 45.3 Å². The van der Waals surface area contributed by atoms with Crippen LogP contribution in [0.5, 0.6) is 0 Å². The molecule has 0 amide bonds. The molecular formula is C51H32N4OS. The number of hydrogen-bond acceptors (Lipinski definition) is 6. The summed E-state index contributed by atoms with van der Waals surface area (Å²) in [7, 11) is 0. The van der Waals surface area contributed by atoms with Crippen LogP contribution in [0.3, 0.4) is 0 Å². The van der Waals surface area contributed by atoms with E-state index < -0.39 is 6.04 Å². The van der Waals surface area contributed by atoms with Gasteiger partial charge in [0.1, 0.15) is 11.2 Å². The molecule has 0 bridgehead atoms. The van der Waals surface area contributed by atoms with Crippen molar-refractivity contribution in [2.45, 2.75) is 0 Å². The molecule has 0 radical (unpaired) electrons. The second-order valence-electron chi connectivity index (χ2n) is 13.6. The zero-order valence-electron chi connectivity index (χ0n) is 35.2. The topological polar surface area (TPSA) is 55.1 Å². The Morgan fingerprint density at radius 3 is 1.84 bits per heavy atom. The minimum absolute atomic E-state index is 0.143. The van der Waals surface area contributed by atoms with Crippen molar-refractivity contribution in [1.29, 1.82) is 0 Å². The van der Waals surface area contributed by atoms with Gasteiger partial charge < -0.3 is 9.32 Å². The van der Waals surface area contributed by atoms with E-state index in [4.69, 9.17) is 26.2 Å². The summed E-state index contributed by atoms with van der Waals surface area (Å²) in [6.07, 6.45) is 0. The first kappa shape index (κ1) is 28.1. The summed E-state index contributed by atoms with van der Waals surface area (Å²) in [6.45, 7) is 0. The Labute approximate surface area is 339 Å². The molecule has 0 aliphatic carbocycles. The van der Waals surface area contributed by atoms with Crippen molar-refractivity contribution in [3.05, 3.63) is 194 Å². The number of anilines is 3. The summed E-state index contributed by atoms with van der Waals surface area (Å²) in [5, 5.41) is 4.07. The molecular weight excluding hydrogens is 717 g/mol. The van der Waals surface area contributed by atoms with E-state index in [1.165, 1.54) is 0 Å². The molecule has 3 aromatic heterocycles. The average molecular weight is 754 g/mol. The molecule has 0 N–H and O–H groups in total. The van der Waals surface area contributed by atoms with Gasteiger partial charge in [-0.25, -0.2) is 15.0 Å². The minimum atomic E-state index is -0.426. The summed E-state index contributed by atoms with van der Waals surface area (Å²) >= 11 is 1.71. The number of hydrogen-bond donors (Lipinski definition) is 0. The summed E-state index contributed by atoms with van der Waals surface area (Å²) in [5.41, 5.74) is 6.96. The van der Waals surface area contributed by atoms with Gasteiger partial charge in [0.25, 0.3) is 0 Å². The monoisotopic (exact) mass is 753 g/mol. The molecule has 3 heterocycles. The molecule has 57 heavy (non-hydrogen) atoms. The molecule has 268 valence electrons. The van der Waals surface area contributed by atoms with Crippen LogP contribution in [0.4, 0.5) is 17.1 Å². The highest BCUT2D eigenvalue weighted by Gasteiger charge is 2.24. The average Bonchev–Trinajstić information content (AvgIpc) is 3.90. The van der Waals surface area contributed by atoms with E-state index in [0.29, 0.717) is 28.6 Å². The van der Waals surface area contributed by atoms with Crippen molar-refractivity contribution >= 4 is 70.5 Å². The largest absolute Gasteiger partial charge is 0.456 e. The van der Waals surface area contributed by atoms with Gasteiger partial charge in [-0.15, -0.1) is 11.3 Å². The van der Waals surface area contributed by atoms with Crippen molar-refractivity contribution in [1.82, 2.24) is 15.0 Å². The van der Waals surface area contributed by atoms with Crippen LogP contribution in [-0.4, -0.2) is 15.0 Å². The molecule has 0 atom stereocenters. The summed E-state index contributed by atoms with van der Waals surface area (Å²) in [5.74, 6) is 1.56. The van der Waals surface area contributed by atoms with Crippen molar-refractivity contribution in [3.63, 3.8) is 0 Å². The zero-order chi connectivity index (χ0) is 42.1. The zero-order valence-corrected chi connectivity index (χ0v) is 31.0. The van der Waals surface area contributed by atoms with E-state index in [0.717, 1.165) is 70.3 Å². The molecule has 0 fully saturated rings. The first-order valence-corrected chi connectivity index (χ1v) is 19.3. The van der Waals surface area contributed by atoms with Gasteiger partial charge in [-0.3, -0.25) is 0 Å². The SMILES string of the molecule is [2H]c1c([2H])c([2H])c(-c2ccc(N(c3cc(-c4nc(-c5ccccc5)nc(-c5ccccc5)n4)c4c(c3)oc3ccccc34)c3cccc4c3sc3ccccc34)cc2)c([2H])c1[2H]. The third-order valence-corrected chi connectivity index (χ3v) is 11.4. The molecule has 6 heteroatoms. The lowest BCUT2D eigenvalue weighted by molar-refractivity contribution is 0.669. The fourth-order valence-electron chi connectivity index (χ4n) is 7.58. The van der Waals surface area contributed by atoms with Gasteiger partial charge in [0, 0.05) is 54.7 Å². The molecule has 11 aromatic rings. The molecule has 0 unspecified atom stereocenters. The van der Waals surface area contributed by atoms with Gasteiger partial charge in [0.15, 0.2) is 17.5 Å². The first-order chi connectivity index (χ1) is 30.3. The number of thiophene rings is 1. The Kier molecular flexibility index (Phi) is 6.75. The normalized spacial score (nSPS) is 12.7. The number of benzene rings is 8. The van der Waals surface area contributed by atoms with Crippen LogP contribution < -0.4 is 4.90 Å². The Balaban J connectivity index is 1.19. The third kappa shape index (κ3) is 5.82. The van der Waals surface area contributed by atoms with Crippen molar-refractivity contribution in [2.75, 3.05) is 4.90 Å². The van der Waals surface area contributed by atoms with Gasteiger partial charge in [0.05, 0.1) is 22.9 Å². The quantitative estimate of drug-likeness (QED) is 0.162. The predicted octanol–water partition coefficient (Wildman–Crippen LogP) is 14.3. The molecule has 11 rings (SSSR count). The van der Waals surface area contributed by atoms with E-state index >= 15 is 0 Å². The van der Waals surface area contributed by atoms with Crippen molar-refractivity contribution < 1.29 is 11.3 Å². The maximum absolute atomic E-state index is 8.68. The lowest BCUT2D eigenvalue weighted by Gasteiger charge is -2.27. The Hall–Kier alpha value is -7.41. The molecule has 8 aromatic carbocycles.